The maximum Gasteiger partial charge on any atom is 0.0950 e. The molecule has 6 nitrogen and oxygen atoms in total. The van der Waals surface area contributed by atoms with Gasteiger partial charge in [-0.2, -0.15) is 5.10 Å². The van der Waals surface area contributed by atoms with Crippen molar-refractivity contribution in [2.75, 3.05) is 39.4 Å². The Kier molecular flexibility index (Phi) is 5.06. The van der Waals surface area contributed by atoms with Crippen LogP contribution in [0.2, 0.25) is 0 Å². The van der Waals surface area contributed by atoms with E-state index in [1.54, 1.807) is 0 Å². The molecule has 2 aliphatic heterocycles. The van der Waals surface area contributed by atoms with Gasteiger partial charge in [0.2, 0.25) is 0 Å². The number of aliphatic hydroxyl groups excluding tert-OH is 1. The predicted molar refractivity (Wildman–Crippen MR) is 89.4 cm³/mol. The van der Waals surface area contributed by atoms with Gasteiger partial charge >= 0.3 is 0 Å². The molecule has 2 fully saturated rings. The molecule has 0 aromatic carbocycles. The van der Waals surface area contributed by atoms with Crippen molar-refractivity contribution in [1.29, 1.82) is 0 Å². The van der Waals surface area contributed by atoms with Gasteiger partial charge in [0.1, 0.15) is 0 Å². The number of aliphatic hydroxyl groups is 1. The van der Waals surface area contributed by atoms with E-state index in [2.05, 4.69) is 46.8 Å². The molecule has 0 bridgehead atoms. The zero-order valence-electron chi connectivity index (χ0n) is 14.6. The number of hydrogen-bond donors (Lipinski definition) is 2. The summed E-state index contributed by atoms with van der Waals surface area (Å²) in [5.41, 5.74) is 2.39. The Morgan fingerprint density at radius 3 is 2.74 bits per heavy atom. The van der Waals surface area contributed by atoms with Crippen molar-refractivity contribution in [3.05, 3.63) is 17.5 Å². The second kappa shape index (κ2) is 6.89. The van der Waals surface area contributed by atoms with Gasteiger partial charge in [0.05, 0.1) is 31.1 Å². The van der Waals surface area contributed by atoms with E-state index in [9.17, 15) is 5.11 Å². The maximum absolute atomic E-state index is 10.0. The van der Waals surface area contributed by atoms with E-state index in [-0.39, 0.29) is 17.6 Å². The number of H-pyrrole nitrogens is 1. The molecule has 1 aromatic rings. The molecule has 0 unspecified atom stereocenters. The Morgan fingerprint density at radius 2 is 2.09 bits per heavy atom. The number of aromatic amines is 1. The molecule has 0 saturated carbocycles. The number of aromatic nitrogens is 2. The third kappa shape index (κ3) is 4.12. The average Bonchev–Trinajstić information content (AvgIpc) is 3.05. The lowest BCUT2D eigenvalue weighted by Gasteiger charge is -2.28. The minimum atomic E-state index is -0.330. The molecule has 3 heterocycles. The van der Waals surface area contributed by atoms with Crippen LogP contribution in [0.4, 0.5) is 0 Å². The Morgan fingerprint density at radius 1 is 1.26 bits per heavy atom. The van der Waals surface area contributed by atoms with Gasteiger partial charge in [-0.25, -0.2) is 0 Å². The van der Waals surface area contributed by atoms with Gasteiger partial charge in [0, 0.05) is 30.7 Å². The van der Waals surface area contributed by atoms with Crippen LogP contribution in [0.5, 0.6) is 0 Å². The van der Waals surface area contributed by atoms with Gasteiger partial charge in [-0.1, -0.05) is 20.8 Å². The molecular formula is C17H30N4O2. The Labute approximate surface area is 138 Å². The van der Waals surface area contributed by atoms with Crippen molar-refractivity contribution in [3.8, 4) is 0 Å². The summed E-state index contributed by atoms with van der Waals surface area (Å²) in [7, 11) is 0. The summed E-state index contributed by atoms with van der Waals surface area (Å²) in [6.45, 7) is 12.8. The molecule has 0 radical (unpaired) electrons. The summed E-state index contributed by atoms with van der Waals surface area (Å²) in [4.78, 5) is 4.87. The van der Waals surface area contributed by atoms with Crippen LogP contribution in [0.3, 0.4) is 0 Å². The first-order valence-electron chi connectivity index (χ1n) is 8.70. The monoisotopic (exact) mass is 322 g/mol. The summed E-state index contributed by atoms with van der Waals surface area (Å²) in [5.74, 6) is 0. The molecule has 0 aliphatic carbocycles. The van der Waals surface area contributed by atoms with E-state index in [0.29, 0.717) is 13.2 Å². The molecule has 2 atom stereocenters. The van der Waals surface area contributed by atoms with E-state index in [4.69, 9.17) is 4.74 Å². The Bertz CT molecular complexity index is 511. The largest absolute Gasteiger partial charge is 0.389 e. The summed E-state index contributed by atoms with van der Waals surface area (Å²) in [6.07, 6.45) is 0.798. The lowest BCUT2D eigenvalue weighted by atomic mass is 9.92. The van der Waals surface area contributed by atoms with Gasteiger partial charge < -0.3 is 9.84 Å². The highest BCUT2D eigenvalue weighted by atomic mass is 16.5. The lowest BCUT2D eigenvalue weighted by Crippen LogP contribution is -2.44. The van der Waals surface area contributed by atoms with Crippen LogP contribution < -0.4 is 0 Å². The molecular weight excluding hydrogens is 292 g/mol. The smallest absolute Gasteiger partial charge is 0.0950 e. The fourth-order valence-electron chi connectivity index (χ4n) is 3.43. The normalized spacial score (nSPS) is 28.2. The van der Waals surface area contributed by atoms with Gasteiger partial charge in [0.15, 0.2) is 0 Å². The Hall–Kier alpha value is -0.950. The van der Waals surface area contributed by atoms with Crippen molar-refractivity contribution < 1.29 is 9.84 Å². The van der Waals surface area contributed by atoms with Crippen LogP contribution in [0.1, 0.15) is 38.6 Å². The van der Waals surface area contributed by atoms with Crippen molar-refractivity contribution in [3.63, 3.8) is 0 Å². The quantitative estimate of drug-likeness (QED) is 0.868. The number of ether oxygens (including phenoxy) is 1. The van der Waals surface area contributed by atoms with E-state index in [1.165, 1.54) is 5.69 Å². The SMILES string of the molecule is CC(C)(C)c1cc(CN2CCCN([C@H]3COC[C@@H]3O)CC2)[nH]n1. The average molecular weight is 322 g/mol. The number of rotatable bonds is 3. The molecule has 2 saturated heterocycles. The Balaban J connectivity index is 1.55. The third-order valence-electron chi connectivity index (χ3n) is 4.91. The summed E-state index contributed by atoms with van der Waals surface area (Å²) >= 11 is 0. The number of nitrogens with zero attached hydrogens (tertiary/aromatic N) is 3. The number of hydrogen-bond acceptors (Lipinski definition) is 5. The minimum Gasteiger partial charge on any atom is -0.389 e. The predicted octanol–water partition coefficient (Wildman–Crippen LogP) is 0.975. The molecule has 130 valence electrons. The first-order valence-corrected chi connectivity index (χ1v) is 8.70. The molecule has 2 N–H and O–H groups in total. The van der Waals surface area contributed by atoms with E-state index >= 15 is 0 Å². The minimum absolute atomic E-state index is 0.0863. The highest BCUT2D eigenvalue weighted by Gasteiger charge is 2.32. The van der Waals surface area contributed by atoms with Crippen LogP contribution >= 0.6 is 0 Å². The topological polar surface area (TPSA) is 64.6 Å². The van der Waals surface area contributed by atoms with E-state index in [1.807, 2.05) is 0 Å². The molecule has 3 rings (SSSR count). The second-order valence-corrected chi connectivity index (χ2v) is 7.87. The second-order valence-electron chi connectivity index (χ2n) is 7.87. The highest BCUT2D eigenvalue weighted by Crippen LogP contribution is 2.21. The number of nitrogens with one attached hydrogen (secondary N) is 1. The van der Waals surface area contributed by atoms with Crippen molar-refractivity contribution in [2.24, 2.45) is 0 Å². The third-order valence-corrected chi connectivity index (χ3v) is 4.91. The van der Waals surface area contributed by atoms with Crippen LogP contribution in [-0.4, -0.2) is 76.6 Å². The molecule has 0 amide bonds. The highest BCUT2D eigenvalue weighted by molar-refractivity contribution is 5.16. The summed E-state index contributed by atoms with van der Waals surface area (Å²) < 4.78 is 5.40. The summed E-state index contributed by atoms with van der Waals surface area (Å²) in [6, 6.07) is 2.37. The first-order chi connectivity index (χ1) is 10.9. The van der Waals surface area contributed by atoms with E-state index < -0.39 is 0 Å². The van der Waals surface area contributed by atoms with Crippen LogP contribution in [-0.2, 0) is 16.7 Å². The van der Waals surface area contributed by atoms with Crippen LogP contribution in [0, 0.1) is 0 Å². The van der Waals surface area contributed by atoms with Gasteiger partial charge in [-0.05, 0) is 25.6 Å². The van der Waals surface area contributed by atoms with Crippen molar-refractivity contribution in [1.82, 2.24) is 20.0 Å². The zero-order valence-corrected chi connectivity index (χ0v) is 14.6. The zero-order chi connectivity index (χ0) is 16.4. The molecule has 23 heavy (non-hydrogen) atoms. The fraction of sp³-hybridized carbons (Fsp3) is 0.824. The summed E-state index contributed by atoms with van der Waals surface area (Å²) in [5, 5.41) is 17.7. The van der Waals surface area contributed by atoms with Crippen LogP contribution in [0.15, 0.2) is 6.07 Å². The van der Waals surface area contributed by atoms with Crippen molar-refractivity contribution in [2.45, 2.75) is 51.3 Å². The molecule has 2 aliphatic rings. The van der Waals surface area contributed by atoms with Crippen molar-refractivity contribution >= 4 is 0 Å². The van der Waals surface area contributed by atoms with Crippen LogP contribution in [0.25, 0.3) is 0 Å². The lowest BCUT2D eigenvalue weighted by molar-refractivity contribution is 0.0837. The fourth-order valence-corrected chi connectivity index (χ4v) is 3.43. The molecule has 1 aromatic heterocycles. The van der Waals surface area contributed by atoms with Gasteiger partial charge in [-0.15, -0.1) is 0 Å². The van der Waals surface area contributed by atoms with E-state index in [0.717, 1.165) is 44.8 Å². The van der Waals surface area contributed by atoms with Gasteiger partial charge in [0.25, 0.3) is 0 Å². The first kappa shape index (κ1) is 16.9. The molecule has 0 spiro atoms. The van der Waals surface area contributed by atoms with Gasteiger partial charge in [-0.3, -0.25) is 14.9 Å². The maximum atomic E-state index is 10.0. The standard InChI is InChI=1S/C17H30N4O2/c1-17(2,3)16-9-13(18-19-16)10-20-5-4-6-21(8-7-20)14-11-23-12-15(14)22/h9,14-15,22H,4-8,10-12H2,1-3H3,(H,18,19)/t14-,15-/m0/s1. The molecule has 6 heteroatoms.